The normalized spacial score (nSPS) is 19.5. The zero-order valence-corrected chi connectivity index (χ0v) is 13.8. The van der Waals surface area contributed by atoms with Gasteiger partial charge in [-0.25, -0.2) is 4.39 Å². The lowest BCUT2D eigenvalue weighted by molar-refractivity contribution is 0.183. The van der Waals surface area contributed by atoms with Gasteiger partial charge in [-0.05, 0) is 63.3 Å². The maximum atomic E-state index is 13.5. The van der Waals surface area contributed by atoms with Crippen LogP contribution in [0.15, 0.2) is 42.5 Å². The summed E-state index contributed by atoms with van der Waals surface area (Å²) in [6, 6.07) is 12.5. The Morgan fingerprint density at radius 1 is 1.14 bits per heavy atom. The van der Waals surface area contributed by atoms with Gasteiger partial charge in [-0.1, -0.05) is 23.7 Å². The summed E-state index contributed by atoms with van der Waals surface area (Å²) in [7, 11) is 3.75. The van der Waals surface area contributed by atoms with Crippen LogP contribution in [0.25, 0.3) is 0 Å². The predicted molar refractivity (Wildman–Crippen MR) is 89.4 cm³/mol. The fourth-order valence-corrected chi connectivity index (χ4v) is 2.76. The van der Waals surface area contributed by atoms with E-state index in [9.17, 15) is 4.39 Å². The van der Waals surface area contributed by atoms with E-state index >= 15 is 0 Å². The lowest BCUT2D eigenvalue weighted by atomic mass is 9.84. The molecule has 0 aromatic heterocycles. The van der Waals surface area contributed by atoms with Crippen molar-refractivity contribution in [3.05, 3.63) is 64.4 Å². The molecule has 4 heteroatoms. The van der Waals surface area contributed by atoms with Gasteiger partial charge >= 0.3 is 0 Å². The van der Waals surface area contributed by atoms with Gasteiger partial charge in [0.1, 0.15) is 11.6 Å². The van der Waals surface area contributed by atoms with Crippen molar-refractivity contribution in [3.63, 3.8) is 0 Å². The fraction of sp³-hybridized carbons (Fsp3) is 0.333. The molecule has 1 heterocycles. The highest BCUT2D eigenvalue weighted by molar-refractivity contribution is 6.30. The van der Waals surface area contributed by atoms with Gasteiger partial charge in [-0.15, -0.1) is 0 Å². The summed E-state index contributed by atoms with van der Waals surface area (Å²) in [5, 5.41) is 3.46. The van der Waals surface area contributed by atoms with Crippen LogP contribution in [0.5, 0.6) is 5.75 Å². The van der Waals surface area contributed by atoms with Crippen LogP contribution in [0, 0.1) is 5.82 Å². The quantitative estimate of drug-likeness (QED) is 0.827. The van der Waals surface area contributed by atoms with Crippen molar-refractivity contribution in [2.24, 2.45) is 0 Å². The Morgan fingerprint density at radius 3 is 2.41 bits per heavy atom. The minimum Gasteiger partial charge on any atom is -0.490 e. The Kier molecular flexibility index (Phi) is 5.81. The monoisotopic (exact) mass is 321 g/mol. The molecule has 0 bridgehead atoms. The maximum Gasteiger partial charge on any atom is 0.123 e. The Bertz CT molecular complexity index is 615. The zero-order valence-electron chi connectivity index (χ0n) is 13.1. The summed E-state index contributed by atoms with van der Waals surface area (Å²) in [5.74, 6) is 0.711. The minimum atomic E-state index is -0.226. The molecule has 2 atom stereocenters. The van der Waals surface area contributed by atoms with E-state index < -0.39 is 0 Å². The van der Waals surface area contributed by atoms with Crippen molar-refractivity contribution in [1.82, 2.24) is 5.32 Å². The van der Waals surface area contributed by atoms with Crippen molar-refractivity contribution in [1.29, 1.82) is 0 Å². The number of benzene rings is 2. The van der Waals surface area contributed by atoms with Gasteiger partial charge in [-0.3, -0.25) is 0 Å². The van der Waals surface area contributed by atoms with Gasteiger partial charge in [0.05, 0.1) is 6.10 Å². The second-order valence-electron chi connectivity index (χ2n) is 5.45. The van der Waals surface area contributed by atoms with Crippen molar-refractivity contribution < 1.29 is 9.13 Å². The molecule has 0 radical (unpaired) electrons. The smallest absolute Gasteiger partial charge is 0.123 e. The lowest BCUT2D eigenvalue weighted by Gasteiger charge is -2.30. The highest BCUT2D eigenvalue weighted by atomic mass is 35.5. The molecule has 1 N–H and O–H groups in total. The van der Waals surface area contributed by atoms with Crippen LogP contribution in [0.4, 0.5) is 4.39 Å². The van der Waals surface area contributed by atoms with Gasteiger partial charge in [0.25, 0.3) is 0 Å². The van der Waals surface area contributed by atoms with Gasteiger partial charge in [0.2, 0.25) is 0 Å². The van der Waals surface area contributed by atoms with Crippen LogP contribution < -0.4 is 10.1 Å². The van der Waals surface area contributed by atoms with E-state index in [0.717, 1.165) is 23.3 Å². The molecule has 2 nitrogen and oxygen atoms in total. The number of halogens is 2. The molecule has 2 unspecified atom stereocenters. The first-order valence-electron chi connectivity index (χ1n) is 7.35. The summed E-state index contributed by atoms with van der Waals surface area (Å²) in [6.45, 7) is 2.04. The third kappa shape index (κ3) is 3.99. The number of hydrogen-bond donors (Lipinski definition) is 1. The van der Waals surface area contributed by atoms with E-state index in [4.69, 9.17) is 16.3 Å². The topological polar surface area (TPSA) is 21.3 Å². The first-order chi connectivity index (χ1) is 10.5. The van der Waals surface area contributed by atoms with Gasteiger partial charge in [0.15, 0.2) is 0 Å². The van der Waals surface area contributed by atoms with E-state index in [1.165, 1.54) is 6.07 Å². The molecule has 22 heavy (non-hydrogen) atoms. The number of rotatable bonds is 1. The van der Waals surface area contributed by atoms with Crippen LogP contribution in [0.1, 0.15) is 30.4 Å². The minimum absolute atomic E-state index is 0.124. The first-order valence-corrected chi connectivity index (χ1v) is 7.73. The van der Waals surface area contributed by atoms with E-state index in [-0.39, 0.29) is 17.8 Å². The Hall–Kier alpha value is -1.58. The maximum absolute atomic E-state index is 13.5. The van der Waals surface area contributed by atoms with Crippen molar-refractivity contribution in [2.45, 2.75) is 25.4 Å². The Balaban J connectivity index is 0.000000545. The average Bonchev–Trinajstić information content (AvgIpc) is 2.49. The van der Waals surface area contributed by atoms with Crippen molar-refractivity contribution in [3.8, 4) is 5.75 Å². The molecule has 0 saturated carbocycles. The molecule has 118 valence electrons. The zero-order chi connectivity index (χ0) is 16.1. The number of ether oxygens (including phenoxy) is 1. The van der Waals surface area contributed by atoms with Crippen LogP contribution in [0.3, 0.4) is 0 Å². The van der Waals surface area contributed by atoms with E-state index in [0.29, 0.717) is 5.02 Å². The van der Waals surface area contributed by atoms with E-state index in [2.05, 4.69) is 5.32 Å². The molecule has 0 aliphatic carbocycles. The third-order valence-electron chi connectivity index (χ3n) is 3.52. The number of fused-ring (bicyclic) bond motifs is 1. The molecule has 1 aliphatic rings. The Labute approximate surface area is 136 Å². The highest BCUT2D eigenvalue weighted by Crippen LogP contribution is 2.40. The Morgan fingerprint density at radius 2 is 1.77 bits per heavy atom. The summed E-state index contributed by atoms with van der Waals surface area (Å²) < 4.78 is 19.2. The summed E-state index contributed by atoms with van der Waals surface area (Å²) >= 11 is 5.92. The van der Waals surface area contributed by atoms with Gasteiger partial charge < -0.3 is 10.1 Å². The second kappa shape index (κ2) is 7.61. The van der Waals surface area contributed by atoms with Crippen LogP contribution in [-0.2, 0) is 0 Å². The molecule has 2 aromatic carbocycles. The summed E-state index contributed by atoms with van der Waals surface area (Å²) in [5.41, 5.74) is 2.06. The SMILES string of the molecule is CC1CC(c2ccc(Cl)cc2)c2cc(F)ccc2O1.CNC. The number of hydrogen-bond acceptors (Lipinski definition) is 2. The molecular formula is C18H21ClFNO. The van der Waals surface area contributed by atoms with Gasteiger partial charge in [-0.2, -0.15) is 0 Å². The lowest BCUT2D eigenvalue weighted by Crippen LogP contribution is -2.23. The average molecular weight is 322 g/mol. The van der Waals surface area contributed by atoms with E-state index in [1.54, 1.807) is 12.1 Å². The van der Waals surface area contributed by atoms with Gasteiger partial charge in [0, 0.05) is 16.5 Å². The second-order valence-corrected chi connectivity index (χ2v) is 5.89. The molecule has 2 aromatic rings. The summed E-state index contributed by atoms with van der Waals surface area (Å²) in [4.78, 5) is 0. The third-order valence-corrected chi connectivity index (χ3v) is 3.77. The summed E-state index contributed by atoms with van der Waals surface area (Å²) in [6.07, 6.45) is 0.969. The highest BCUT2D eigenvalue weighted by Gasteiger charge is 2.27. The first kappa shape index (κ1) is 16.8. The number of nitrogens with one attached hydrogen (secondary N) is 1. The molecule has 1 aliphatic heterocycles. The van der Waals surface area contributed by atoms with Crippen molar-refractivity contribution in [2.75, 3.05) is 14.1 Å². The fourth-order valence-electron chi connectivity index (χ4n) is 2.63. The van der Waals surface area contributed by atoms with Crippen molar-refractivity contribution >= 4 is 11.6 Å². The largest absolute Gasteiger partial charge is 0.490 e. The molecule has 0 saturated heterocycles. The molecule has 0 amide bonds. The van der Waals surface area contributed by atoms with Crippen LogP contribution in [0.2, 0.25) is 5.02 Å². The standard InChI is InChI=1S/C16H14ClFO.C2H7N/c1-10-8-14(11-2-4-12(17)5-3-11)15-9-13(18)6-7-16(15)19-10;1-3-2/h2-7,9-10,14H,8H2,1H3;3H,1-2H3. The van der Waals surface area contributed by atoms with Crippen LogP contribution in [-0.4, -0.2) is 20.2 Å². The molecule has 0 spiro atoms. The molecule has 3 rings (SSSR count). The van der Waals surface area contributed by atoms with Crippen LogP contribution >= 0.6 is 11.6 Å². The molecule has 0 fully saturated rings. The van der Waals surface area contributed by atoms with E-state index in [1.807, 2.05) is 45.3 Å². The predicted octanol–water partition coefficient (Wildman–Crippen LogP) is 4.62. The molecular weight excluding hydrogens is 301 g/mol.